The van der Waals surface area contributed by atoms with Crippen LogP contribution in [0.1, 0.15) is 54.6 Å². The number of hydrogen-bond acceptors (Lipinski definition) is 5. The standard InChI is InChI=1S/C21H22Cl2N2O4/c1-4-5-6-9-25-20(27)15(11-24)12(2)18(21(25)28)19(26)13(3)29-17-8-7-14(22)10-16(17)23/h7-8,10,13,28H,4-6,9H2,1-3H3. The number of unbranched alkanes of at least 4 members (excludes halogenated alkanes) is 2. The first kappa shape index (κ1) is 22.8. The number of hydrogen-bond donors (Lipinski definition) is 1. The number of nitriles is 1. The van der Waals surface area contributed by atoms with E-state index in [1.54, 1.807) is 6.07 Å². The van der Waals surface area contributed by atoms with Crippen molar-refractivity contribution in [2.45, 2.75) is 52.7 Å². The van der Waals surface area contributed by atoms with Crippen LogP contribution >= 0.6 is 23.2 Å². The predicted octanol–water partition coefficient (Wildman–Crippen LogP) is 4.88. The predicted molar refractivity (Wildman–Crippen MR) is 112 cm³/mol. The molecule has 0 radical (unpaired) electrons. The molecule has 0 aliphatic heterocycles. The number of aromatic nitrogens is 1. The summed E-state index contributed by atoms with van der Waals surface area (Å²) in [6.07, 6.45) is 1.38. The minimum atomic E-state index is -1.02. The van der Waals surface area contributed by atoms with Gasteiger partial charge >= 0.3 is 0 Å². The van der Waals surface area contributed by atoms with E-state index < -0.39 is 23.3 Å². The molecule has 1 unspecified atom stereocenters. The Labute approximate surface area is 179 Å². The zero-order chi connectivity index (χ0) is 21.7. The van der Waals surface area contributed by atoms with Gasteiger partial charge in [0.1, 0.15) is 17.4 Å². The van der Waals surface area contributed by atoms with Crippen LogP contribution in [0.3, 0.4) is 0 Å². The van der Waals surface area contributed by atoms with E-state index in [9.17, 15) is 20.0 Å². The second kappa shape index (κ2) is 9.82. The van der Waals surface area contributed by atoms with Gasteiger partial charge in [-0.15, -0.1) is 0 Å². The van der Waals surface area contributed by atoms with Crippen LogP contribution in [0, 0.1) is 18.3 Å². The van der Waals surface area contributed by atoms with Gasteiger partial charge < -0.3 is 9.84 Å². The maximum absolute atomic E-state index is 13.1. The molecule has 1 aromatic carbocycles. The highest BCUT2D eigenvalue weighted by Gasteiger charge is 2.28. The zero-order valence-electron chi connectivity index (χ0n) is 16.5. The maximum Gasteiger partial charge on any atom is 0.271 e. The molecule has 0 saturated carbocycles. The van der Waals surface area contributed by atoms with Gasteiger partial charge in [0, 0.05) is 11.6 Å². The average molecular weight is 437 g/mol. The molecule has 2 aromatic rings. The number of benzene rings is 1. The number of pyridine rings is 1. The van der Waals surface area contributed by atoms with Gasteiger partial charge in [0.05, 0.1) is 10.6 Å². The van der Waals surface area contributed by atoms with Crippen molar-refractivity contribution in [3.63, 3.8) is 0 Å². The van der Waals surface area contributed by atoms with Gasteiger partial charge in [-0.1, -0.05) is 43.0 Å². The lowest BCUT2D eigenvalue weighted by Gasteiger charge is -2.19. The Bertz CT molecular complexity index is 1020. The normalized spacial score (nSPS) is 11.7. The summed E-state index contributed by atoms with van der Waals surface area (Å²) in [4.78, 5) is 25.6. The Balaban J connectivity index is 2.46. The molecule has 1 aromatic heterocycles. The lowest BCUT2D eigenvalue weighted by atomic mass is 9.99. The van der Waals surface area contributed by atoms with E-state index >= 15 is 0 Å². The molecule has 154 valence electrons. The number of Topliss-reactive ketones (excluding diaryl/α,β-unsaturated/α-hetero) is 1. The minimum absolute atomic E-state index is 0.102. The fourth-order valence-corrected chi connectivity index (χ4v) is 3.44. The number of carbonyl (C=O) groups excluding carboxylic acids is 1. The molecule has 6 nitrogen and oxygen atoms in total. The molecule has 2 rings (SSSR count). The Morgan fingerprint density at radius 1 is 1.34 bits per heavy atom. The van der Waals surface area contributed by atoms with Crippen LogP contribution in [0.2, 0.25) is 10.0 Å². The van der Waals surface area contributed by atoms with Crippen molar-refractivity contribution >= 4 is 29.0 Å². The number of ketones is 1. The number of nitrogens with zero attached hydrogens (tertiary/aromatic N) is 2. The molecular weight excluding hydrogens is 415 g/mol. The number of rotatable bonds is 8. The highest BCUT2D eigenvalue weighted by atomic mass is 35.5. The molecule has 1 heterocycles. The van der Waals surface area contributed by atoms with Gasteiger partial charge in [0.15, 0.2) is 6.10 Å². The van der Waals surface area contributed by atoms with E-state index in [0.29, 0.717) is 11.4 Å². The van der Waals surface area contributed by atoms with Crippen molar-refractivity contribution < 1.29 is 14.6 Å². The topological polar surface area (TPSA) is 92.3 Å². The lowest BCUT2D eigenvalue weighted by Crippen LogP contribution is -2.31. The second-order valence-corrected chi connectivity index (χ2v) is 7.52. The Morgan fingerprint density at radius 3 is 2.62 bits per heavy atom. The van der Waals surface area contributed by atoms with Crippen LogP contribution in [0.5, 0.6) is 11.6 Å². The Kier molecular flexibility index (Phi) is 7.72. The molecule has 0 bridgehead atoms. The molecule has 29 heavy (non-hydrogen) atoms. The van der Waals surface area contributed by atoms with Crippen LogP contribution in [0.4, 0.5) is 0 Å². The number of ether oxygens (including phenoxy) is 1. The molecule has 1 atom stereocenters. The summed E-state index contributed by atoms with van der Waals surface area (Å²) in [5.41, 5.74) is -0.747. The third kappa shape index (κ3) is 4.92. The molecule has 0 saturated heterocycles. The largest absolute Gasteiger partial charge is 0.494 e. The van der Waals surface area contributed by atoms with Gasteiger partial charge in [0.2, 0.25) is 11.7 Å². The number of aromatic hydroxyl groups is 1. The first-order chi connectivity index (χ1) is 13.7. The van der Waals surface area contributed by atoms with E-state index in [0.717, 1.165) is 17.4 Å². The fraction of sp³-hybridized carbons (Fsp3) is 0.381. The van der Waals surface area contributed by atoms with E-state index in [2.05, 4.69) is 0 Å². The summed E-state index contributed by atoms with van der Waals surface area (Å²) >= 11 is 12.0. The van der Waals surface area contributed by atoms with E-state index in [1.807, 2.05) is 13.0 Å². The summed E-state index contributed by atoms with van der Waals surface area (Å²) < 4.78 is 6.73. The van der Waals surface area contributed by atoms with Gasteiger partial charge in [-0.3, -0.25) is 14.2 Å². The van der Waals surface area contributed by atoms with Gasteiger partial charge in [-0.05, 0) is 44.0 Å². The van der Waals surface area contributed by atoms with Crippen molar-refractivity contribution in [1.82, 2.24) is 4.57 Å². The van der Waals surface area contributed by atoms with Crippen molar-refractivity contribution in [3.05, 3.63) is 55.3 Å². The molecule has 0 aliphatic carbocycles. The highest BCUT2D eigenvalue weighted by Crippen LogP contribution is 2.30. The van der Waals surface area contributed by atoms with E-state index in [-0.39, 0.29) is 34.0 Å². The van der Waals surface area contributed by atoms with Crippen LogP contribution in [-0.4, -0.2) is 21.6 Å². The van der Waals surface area contributed by atoms with E-state index in [4.69, 9.17) is 27.9 Å². The highest BCUT2D eigenvalue weighted by molar-refractivity contribution is 6.35. The van der Waals surface area contributed by atoms with Crippen LogP contribution < -0.4 is 10.3 Å². The maximum atomic E-state index is 13.1. The first-order valence-corrected chi connectivity index (χ1v) is 10.0. The molecule has 0 fully saturated rings. The summed E-state index contributed by atoms with van der Waals surface area (Å²) in [5.74, 6) is -0.761. The van der Waals surface area contributed by atoms with Crippen molar-refractivity contribution in [3.8, 4) is 17.7 Å². The zero-order valence-corrected chi connectivity index (χ0v) is 18.0. The van der Waals surface area contributed by atoms with Crippen LogP contribution in [0.15, 0.2) is 23.0 Å². The molecule has 8 heteroatoms. The molecular formula is C21H22Cl2N2O4. The summed E-state index contributed by atoms with van der Waals surface area (Å²) in [7, 11) is 0. The monoisotopic (exact) mass is 436 g/mol. The third-order valence-electron chi connectivity index (χ3n) is 4.60. The smallest absolute Gasteiger partial charge is 0.271 e. The lowest BCUT2D eigenvalue weighted by molar-refractivity contribution is 0.0812. The third-order valence-corrected chi connectivity index (χ3v) is 5.13. The average Bonchev–Trinajstić information content (AvgIpc) is 2.67. The van der Waals surface area contributed by atoms with Crippen LogP contribution in [-0.2, 0) is 6.54 Å². The van der Waals surface area contributed by atoms with Gasteiger partial charge in [0.25, 0.3) is 5.56 Å². The van der Waals surface area contributed by atoms with Crippen molar-refractivity contribution in [2.24, 2.45) is 0 Å². The number of halogens is 2. The molecule has 0 spiro atoms. The number of carbonyl (C=O) groups is 1. The van der Waals surface area contributed by atoms with E-state index in [1.165, 1.54) is 26.0 Å². The molecule has 1 N–H and O–H groups in total. The van der Waals surface area contributed by atoms with Crippen molar-refractivity contribution in [1.29, 1.82) is 5.26 Å². The minimum Gasteiger partial charge on any atom is -0.494 e. The SMILES string of the molecule is CCCCCn1c(O)c(C(=O)C(C)Oc2ccc(Cl)cc2Cl)c(C)c(C#N)c1=O. The van der Waals surface area contributed by atoms with Gasteiger partial charge in [-0.2, -0.15) is 5.26 Å². The first-order valence-electron chi connectivity index (χ1n) is 9.25. The summed E-state index contributed by atoms with van der Waals surface area (Å²) in [6, 6.07) is 6.44. The molecule has 0 amide bonds. The van der Waals surface area contributed by atoms with Gasteiger partial charge in [-0.25, -0.2) is 0 Å². The summed E-state index contributed by atoms with van der Waals surface area (Å²) in [6.45, 7) is 5.19. The Morgan fingerprint density at radius 2 is 2.03 bits per heavy atom. The van der Waals surface area contributed by atoms with Crippen molar-refractivity contribution in [2.75, 3.05) is 0 Å². The van der Waals surface area contributed by atoms with Crippen LogP contribution in [0.25, 0.3) is 0 Å². The fourth-order valence-electron chi connectivity index (χ4n) is 2.99. The molecule has 0 aliphatic rings. The summed E-state index contributed by atoms with van der Waals surface area (Å²) in [5, 5.41) is 20.8. The quantitative estimate of drug-likeness (QED) is 0.469. The Hall–Kier alpha value is -2.49. The second-order valence-electron chi connectivity index (χ2n) is 6.67.